The average molecular weight is 357 g/mol. The van der Waals surface area contributed by atoms with Crippen molar-refractivity contribution in [1.82, 2.24) is 5.32 Å². The number of nitrogens with one attached hydrogen (secondary N) is 1. The maximum Gasteiger partial charge on any atom is 0.224 e. The minimum Gasteiger partial charge on any atom is -0.371 e. The van der Waals surface area contributed by atoms with Crippen molar-refractivity contribution >= 4 is 23.2 Å². The van der Waals surface area contributed by atoms with E-state index in [2.05, 4.69) is 41.4 Å². The third kappa shape index (κ3) is 5.23. The number of nitrogens with zero attached hydrogens (tertiary/aromatic N) is 1. The number of rotatable bonds is 5. The molecule has 1 atom stereocenters. The molecule has 1 fully saturated rings. The molecule has 0 aliphatic carbocycles. The second kappa shape index (κ2) is 8.39. The molecule has 1 amide bonds. The molecule has 3 nitrogen and oxygen atoms in total. The van der Waals surface area contributed by atoms with Crippen LogP contribution in [0.25, 0.3) is 0 Å². The Morgan fingerprint density at radius 1 is 1.20 bits per heavy atom. The molecule has 0 aromatic heterocycles. The van der Waals surface area contributed by atoms with Gasteiger partial charge in [-0.15, -0.1) is 0 Å². The zero-order valence-electron chi connectivity index (χ0n) is 14.7. The number of halogens is 1. The summed E-state index contributed by atoms with van der Waals surface area (Å²) in [5, 5.41) is 3.64. The Kier molecular flexibility index (Phi) is 5.98. The highest BCUT2D eigenvalue weighted by Gasteiger charge is 2.16. The predicted octanol–water partition coefficient (Wildman–Crippen LogP) is 4.44. The van der Waals surface area contributed by atoms with Gasteiger partial charge in [0, 0.05) is 30.3 Å². The largest absolute Gasteiger partial charge is 0.371 e. The molecule has 1 aliphatic rings. The molecule has 2 aromatic carbocycles. The fourth-order valence-corrected chi connectivity index (χ4v) is 3.56. The number of amides is 1. The number of hydrogen-bond acceptors (Lipinski definition) is 2. The number of hydrogen-bond donors (Lipinski definition) is 1. The van der Waals surface area contributed by atoms with E-state index in [9.17, 15) is 4.79 Å². The molecule has 25 heavy (non-hydrogen) atoms. The fraction of sp³-hybridized carbons (Fsp3) is 0.381. The summed E-state index contributed by atoms with van der Waals surface area (Å²) in [4.78, 5) is 14.5. The average Bonchev–Trinajstić information content (AvgIpc) is 2.60. The van der Waals surface area contributed by atoms with Crippen molar-refractivity contribution in [2.24, 2.45) is 5.92 Å². The summed E-state index contributed by atoms with van der Waals surface area (Å²) >= 11 is 5.95. The van der Waals surface area contributed by atoms with Crippen LogP contribution in [0.4, 0.5) is 5.69 Å². The summed E-state index contributed by atoms with van der Waals surface area (Å²) in [6.07, 6.45) is 2.94. The van der Waals surface area contributed by atoms with Gasteiger partial charge in [0.05, 0.1) is 6.42 Å². The Morgan fingerprint density at radius 3 is 2.72 bits per heavy atom. The van der Waals surface area contributed by atoms with Crippen molar-refractivity contribution in [2.75, 3.05) is 18.0 Å². The van der Waals surface area contributed by atoms with Crippen LogP contribution >= 0.6 is 11.6 Å². The van der Waals surface area contributed by atoms with Crippen molar-refractivity contribution in [3.63, 3.8) is 0 Å². The van der Waals surface area contributed by atoms with Crippen molar-refractivity contribution in [3.8, 4) is 0 Å². The molecule has 1 saturated heterocycles. The Hall–Kier alpha value is -2.00. The van der Waals surface area contributed by atoms with Crippen LogP contribution in [0.1, 0.15) is 30.9 Å². The molecule has 0 bridgehead atoms. The standard InChI is InChI=1S/C21H25ClN2O/c1-16-4-3-11-24(15-16)20-9-7-17(8-10-20)14-23-21(25)13-18-5-2-6-19(22)12-18/h2,5-10,12,16H,3-4,11,13-15H2,1H3,(H,23,25). The molecular weight excluding hydrogens is 332 g/mol. The highest BCUT2D eigenvalue weighted by Crippen LogP contribution is 2.23. The van der Waals surface area contributed by atoms with Gasteiger partial charge in [0.2, 0.25) is 5.91 Å². The third-order valence-corrected chi connectivity index (χ3v) is 4.94. The van der Waals surface area contributed by atoms with E-state index in [0.29, 0.717) is 18.0 Å². The van der Waals surface area contributed by atoms with E-state index < -0.39 is 0 Å². The second-order valence-corrected chi connectivity index (χ2v) is 7.38. The van der Waals surface area contributed by atoms with Gasteiger partial charge in [-0.2, -0.15) is 0 Å². The summed E-state index contributed by atoms with van der Waals surface area (Å²) in [6.45, 7) is 5.14. The zero-order chi connectivity index (χ0) is 17.6. The summed E-state index contributed by atoms with van der Waals surface area (Å²) in [6, 6.07) is 16.0. The van der Waals surface area contributed by atoms with Crippen LogP contribution in [0.2, 0.25) is 5.02 Å². The second-order valence-electron chi connectivity index (χ2n) is 6.94. The lowest BCUT2D eigenvalue weighted by Crippen LogP contribution is -2.34. The van der Waals surface area contributed by atoms with Crippen molar-refractivity contribution in [2.45, 2.75) is 32.7 Å². The molecule has 0 saturated carbocycles. The maximum absolute atomic E-state index is 12.1. The summed E-state index contributed by atoms with van der Waals surface area (Å²) in [5.74, 6) is 0.774. The zero-order valence-corrected chi connectivity index (χ0v) is 15.4. The molecule has 1 N–H and O–H groups in total. The maximum atomic E-state index is 12.1. The Bertz CT molecular complexity index is 714. The van der Waals surface area contributed by atoms with Crippen LogP contribution in [0.5, 0.6) is 0 Å². The normalized spacial score (nSPS) is 17.4. The number of anilines is 1. The van der Waals surface area contributed by atoms with E-state index >= 15 is 0 Å². The molecule has 1 aliphatic heterocycles. The minimum absolute atomic E-state index is 0.0104. The van der Waals surface area contributed by atoms with Gasteiger partial charge in [0.15, 0.2) is 0 Å². The molecule has 4 heteroatoms. The number of piperidine rings is 1. The first-order valence-electron chi connectivity index (χ1n) is 8.95. The number of carbonyl (C=O) groups excluding carboxylic acids is 1. The fourth-order valence-electron chi connectivity index (χ4n) is 3.34. The predicted molar refractivity (Wildman–Crippen MR) is 104 cm³/mol. The van der Waals surface area contributed by atoms with E-state index in [-0.39, 0.29) is 5.91 Å². The minimum atomic E-state index is 0.0104. The van der Waals surface area contributed by atoms with E-state index in [1.165, 1.54) is 18.5 Å². The van der Waals surface area contributed by atoms with Gasteiger partial charge in [-0.1, -0.05) is 42.8 Å². The van der Waals surface area contributed by atoms with E-state index in [4.69, 9.17) is 11.6 Å². The first-order valence-corrected chi connectivity index (χ1v) is 9.33. The SMILES string of the molecule is CC1CCCN(c2ccc(CNC(=O)Cc3cccc(Cl)c3)cc2)C1. The smallest absolute Gasteiger partial charge is 0.224 e. The van der Waals surface area contributed by atoms with Crippen molar-refractivity contribution in [1.29, 1.82) is 0 Å². The van der Waals surface area contributed by atoms with Crippen LogP contribution < -0.4 is 10.2 Å². The van der Waals surface area contributed by atoms with E-state index in [0.717, 1.165) is 30.1 Å². The quantitative estimate of drug-likeness (QED) is 0.859. The van der Waals surface area contributed by atoms with E-state index in [1.54, 1.807) is 0 Å². The van der Waals surface area contributed by atoms with Crippen LogP contribution in [-0.4, -0.2) is 19.0 Å². The molecule has 1 heterocycles. The van der Waals surface area contributed by atoms with Crippen LogP contribution in [0, 0.1) is 5.92 Å². The Morgan fingerprint density at radius 2 is 2.00 bits per heavy atom. The third-order valence-electron chi connectivity index (χ3n) is 4.70. The lowest BCUT2D eigenvalue weighted by Gasteiger charge is -2.32. The molecule has 3 rings (SSSR count). The highest BCUT2D eigenvalue weighted by atomic mass is 35.5. The first-order chi connectivity index (χ1) is 12.1. The van der Waals surface area contributed by atoms with Gasteiger partial charge in [0.1, 0.15) is 0 Å². The highest BCUT2D eigenvalue weighted by molar-refractivity contribution is 6.30. The Balaban J connectivity index is 1.50. The van der Waals surface area contributed by atoms with Gasteiger partial charge < -0.3 is 10.2 Å². The first kappa shape index (κ1) is 17.8. The van der Waals surface area contributed by atoms with Gasteiger partial charge in [0.25, 0.3) is 0 Å². The molecule has 0 radical (unpaired) electrons. The van der Waals surface area contributed by atoms with Gasteiger partial charge >= 0.3 is 0 Å². The Labute approximate surface area is 155 Å². The van der Waals surface area contributed by atoms with E-state index in [1.807, 2.05) is 24.3 Å². The topological polar surface area (TPSA) is 32.3 Å². The summed E-state index contributed by atoms with van der Waals surface area (Å²) in [7, 11) is 0. The summed E-state index contributed by atoms with van der Waals surface area (Å²) in [5.41, 5.74) is 3.33. The molecular formula is C21H25ClN2O. The van der Waals surface area contributed by atoms with Crippen LogP contribution in [-0.2, 0) is 17.8 Å². The number of benzene rings is 2. The molecule has 0 spiro atoms. The van der Waals surface area contributed by atoms with Gasteiger partial charge in [-0.25, -0.2) is 0 Å². The molecule has 1 unspecified atom stereocenters. The van der Waals surface area contributed by atoms with Gasteiger partial charge in [-0.05, 0) is 54.2 Å². The van der Waals surface area contributed by atoms with Crippen LogP contribution in [0.15, 0.2) is 48.5 Å². The van der Waals surface area contributed by atoms with Gasteiger partial charge in [-0.3, -0.25) is 4.79 Å². The molecule has 132 valence electrons. The monoisotopic (exact) mass is 356 g/mol. The lowest BCUT2D eigenvalue weighted by atomic mass is 9.99. The van der Waals surface area contributed by atoms with Crippen molar-refractivity contribution in [3.05, 3.63) is 64.7 Å². The molecule has 2 aromatic rings. The van der Waals surface area contributed by atoms with Crippen molar-refractivity contribution < 1.29 is 4.79 Å². The van der Waals surface area contributed by atoms with Crippen LogP contribution in [0.3, 0.4) is 0 Å². The summed E-state index contributed by atoms with van der Waals surface area (Å²) < 4.78 is 0. The lowest BCUT2D eigenvalue weighted by molar-refractivity contribution is -0.120. The number of carbonyl (C=O) groups is 1.